The lowest BCUT2D eigenvalue weighted by molar-refractivity contribution is 0.0106. The fourth-order valence-corrected chi connectivity index (χ4v) is 1.33. The Balaban J connectivity index is 2.00. The number of nitrogens with one attached hydrogen (secondary N) is 1. The molecule has 0 radical (unpaired) electrons. The molecule has 0 aliphatic carbocycles. The van der Waals surface area contributed by atoms with Gasteiger partial charge in [0.2, 0.25) is 0 Å². The topological polar surface area (TPSA) is 43.4 Å². The molecule has 1 aromatic rings. The zero-order valence-electron chi connectivity index (χ0n) is 9.98. The van der Waals surface area contributed by atoms with E-state index >= 15 is 0 Å². The molecule has 1 aromatic heterocycles. The fraction of sp³-hybridized carbons (Fsp3) is 0.583. The van der Waals surface area contributed by atoms with Gasteiger partial charge in [0.25, 0.3) is 0 Å². The quantitative estimate of drug-likeness (QED) is 0.674. The molecule has 0 saturated carbocycles. The first kappa shape index (κ1) is 13.1. The van der Waals surface area contributed by atoms with E-state index in [1.807, 2.05) is 25.1 Å². The van der Waals surface area contributed by atoms with Crippen LogP contribution >= 0.6 is 0 Å². The minimum atomic E-state index is 0.154. The molecular formula is C12H20N2O2. The Morgan fingerprint density at radius 3 is 3.00 bits per heavy atom. The number of hydrogen-bond donors (Lipinski definition) is 1. The second kappa shape index (κ2) is 8.21. The Morgan fingerprint density at radius 1 is 1.44 bits per heavy atom. The van der Waals surface area contributed by atoms with Crippen molar-refractivity contribution in [1.82, 2.24) is 10.3 Å². The van der Waals surface area contributed by atoms with Crippen molar-refractivity contribution in [2.75, 3.05) is 26.9 Å². The third-order valence-electron chi connectivity index (χ3n) is 2.11. The molecular weight excluding hydrogens is 204 g/mol. The van der Waals surface area contributed by atoms with E-state index in [9.17, 15) is 0 Å². The summed E-state index contributed by atoms with van der Waals surface area (Å²) in [7, 11) is 1.68. The zero-order valence-corrected chi connectivity index (χ0v) is 9.98. The van der Waals surface area contributed by atoms with Gasteiger partial charge in [-0.1, -0.05) is 6.07 Å². The molecule has 0 saturated heterocycles. The third kappa shape index (κ3) is 5.80. The smallest absolute Gasteiger partial charge is 0.0780 e. The van der Waals surface area contributed by atoms with Gasteiger partial charge in [-0.2, -0.15) is 0 Å². The molecule has 1 N–H and O–H groups in total. The summed E-state index contributed by atoms with van der Waals surface area (Å²) in [5, 5.41) is 3.27. The van der Waals surface area contributed by atoms with Gasteiger partial charge in [-0.25, -0.2) is 0 Å². The highest BCUT2D eigenvalue weighted by Gasteiger charge is 1.99. The van der Waals surface area contributed by atoms with Crippen LogP contribution in [0.25, 0.3) is 0 Å². The SMILES string of the molecule is COCC(C)OCCNCc1ccccn1. The van der Waals surface area contributed by atoms with Crippen molar-refractivity contribution in [2.45, 2.75) is 19.6 Å². The first-order valence-electron chi connectivity index (χ1n) is 5.54. The molecule has 0 spiro atoms. The van der Waals surface area contributed by atoms with E-state index in [1.54, 1.807) is 13.3 Å². The number of methoxy groups -OCH3 is 1. The summed E-state index contributed by atoms with van der Waals surface area (Å²) in [6.07, 6.45) is 1.95. The van der Waals surface area contributed by atoms with E-state index in [2.05, 4.69) is 10.3 Å². The van der Waals surface area contributed by atoms with Crippen molar-refractivity contribution in [2.24, 2.45) is 0 Å². The molecule has 1 heterocycles. The number of nitrogens with zero attached hydrogens (tertiary/aromatic N) is 1. The van der Waals surface area contributed by atoms with Crippen molar-refractivity contribution in [3.05, 3.63) is 30.1 Å². The van der Waals surface area contributed by atoms with Gasteiger partial charge in [0, 0.05) is 26.4 Å². The Morgan fingerprint density at radius 2 is 2.31 bits per heavy atom. The highest BCUT2D eigenvalue weighted by molar-refractivity contribution is 5.02. The molecule has 4 nitrogen and oxygen atoms in total. The van der Waals surface area contributed by atoms with Crippen LogP contribution in [0.15, 0.2) is 24.4 Å². The van der Waals surface area contributed by atoms with Gasteiger partial charge < -0.3 is 14.8 Å². The molecule has 4 heteroatoms. The van der Waals surface area contributed by atoms with Crippen molar-refractivity contribution >= 4 is 0 Å². The summed E-state index contributed by atoms with van der Waals surface area (Å²) in [5.41, 5.74) is 1.05. The van der Waals surface area contributed by atoms with E-state index in [1.165, 1.54) is 0 Å². The average Bonchev–Trinajstić information content (AvgIpc) is 2.30. The van der Waals surface area contributed by atoms with Gasteiger partial charge in [0.1, 0.15) is 0 Å². The summed E-state index contributed by atoms with van der Waals surface area (Å²) < 4.78 is 10.5. The Kier molecular flexibility index (Phi) is 6.72. The second-order valence-electron chi connectivity index (χ2n) is 3.63. The highest BCUT2D eigenvalue weighted by Crippen LogP contribution is 1.92. The van der Waals surface area contributed by atoms with Crippen LogP contribution in [0.2, 0.25) is 0 Å². The predicted molar refractivity (Wildman–Crippen MR) is 63.2 cm³/mol. The monoisotopic (exact) mass is 224 g/mol. The summed E-state index contributed by atoms with van der Waals surface area (Å²) >= 11 is 0. The molecule has 0 aromatic carbocycles. The number of rotatable bonds is 8. The zero-order chi connectivity index (χ0) is 11.6. The largest absolute Gasteiger partial charge is 0.382 e. The lowest BCUT2D eigenvalue weighted by Crippen LogP contribution is -2.24. The van der Waals surface area contributed by atoms with Gasteiger partial charge in [0.15, 0.2) is 0 Å². The van der Waals surface area contributed by atoms with Gasteiger partial charge in [-0.3, -0.25) is 4.98 Å². The first-order chi connectivity index (χ1) is 7.83. The minimum absolute atomic E-state index is 0.154. The normalized spacial score (nSPS) is 12.6. The van der Waals surface area contributed by atoms with Crippen LogP contribution in [0.5, 0.6) is 0 Å². The third-order valence-corrected chi connectivity index (χ3v) is 2.11. The second-order valence-corrected chi connectivity index (χ2v) is 3.63. The van der Waals surface area contributed by atoms with Crippen molar-refractivity contribution in [3.8, 4) is 0 Å². The Hall–Kier alpha value is -0.970. The van der Waals surface area contributed by atoms with Crippen LogP contribution in [0.4, 0.5) is 0 Å². The fourth-order valence-electron chi connectivity index (χ4n) is 1.33. The van der Waals surface area contributed by atoms with Gasteiger partial charge >= 0.3 is 0 Å². The van der Waals surface area contributed by atoms with Crippen molar-refractivity contribution in [3.63, 3.8) is 0 Å². The molecule has 0 amide bonds. The molecule has 1 rings (SSSR count). The lowest BCUT2D eigenvalue weighted by Gasteiger charge is -2.12. The van der Waals surface area contributed by atoms with Gasteiger partial charge in [0.05, 0.1) is 25.0 Å². The van der Waals surface area contributed by atoms with E-state index in [0.29, 0.717) is 13.2 Å². The first-order valence-corrected chi connectivity index (χ1v) is 5.54. The molecule has 90 valence electrons. The van der Waals surface area contributed by atoms with Crippen LogP contribution in [0, 0.1) is 0 Å². The lowest BCUT2D eigenvalue weighted by atomic mass is 10.3. The van der Waals surface area contributed by atoms with E-state index in [4.69, 9.17) is 9.47 Å². The number of ether oxygens (including phenoxy) is 2. The van der Waals surface area contributed by atoms with Gasteiger partial charge in [-0.15, -0.1) is 0 Å². The van der Waals surface area contributed by atoms with Crippen LogP contribution < -0.4 is 5.32 Å². The Bertz CT molecular complexity index is 267. The highest BCUT2D eigenvalue weighted by atomic mass is 16.5. The number of hydrogen-bond acceptors (Lipinski definition) is 4. The maximum absolute atomic E-state index is 5.51. The summed E-state index contributed by atoms with van der Waals surface area (Å²) in [4.78, 5) is 4.22. The van der Waals surface area contributed by atoms with Crippen LogP contribution in [0.3, 0.4) is 0 Å². The standard InChI is InChI=1S/C12H20N2O2/c1-11(10-15-2)16-8-7-13-9-12-5-3-4-6-14-12/h3-6,11,13H,7-10H2,1-2H3. The number of pyridine rings is 1. The molecule has 16 heavy (non-hydrogen) atoms. The molecule has 0 fully saturated rings. The molecule has 0 aliphatic heterocycles. The summed E-state index contributed by atoms with van der Waals surface area (Å²) in [6.45, 7) is 4.94. The van der Waals surface area contributed by atoms with Crippen molar-refractivity contribution < 1.29 is 9.47 Å². The van der Waals surface area contributed by atoms with Crippen LogP contribution in [-0.4, -0.2) is 38.0 Å². The molecule has 1 unspecified atom stereocenters. The molecule has 1 atom stereocenters. The van der Waals surface area contributed by atoms with E-state index < -0.39 is 0 Å². The maximum atomic E-state index is 5.51. The van der Waals surface area contributed by atoms with E-state index in [-0.39, 0.29) is 6.10 Å². The summed E-state index contributed by atoms with van der Waals surface area (Å²) in [6, 6.07) is 5.90. The number of aromatic nitrogens is 1. The molecule has 0 bridgehead atoms. The van der Waals surface area contributed by atoms with Crippen LogP contribution in [0.1, 0.15) is 12.6 Å². The van der Waals surface area contributed by atoms with Gasteiger partial charge in [-0.05, 0) is 19.1 Å². The Labute approximate surface area is 97.0 Å². The minimum Gasteiger partial charge on any atom is -0.382 e. The van der Waals surface area contributed by atoms with Crippen LogP contribution in [-0.2, 0) is 16.0 Å². The average molecular weight is 224 g/mol. The maximum Gasteiger partial charge on any atom is 0.0780 e. The summed E-state index contributed by atoms with van der Waals surface area (Å²) in [5.74, 6) is 0. The van der Waals surface area contributed by atoms with Crippen molar-refractivity contribution in [1.29, 1.82) is 0 Å². The van der Waals surface area contributed by atoms with E-state index in [0.717, 1.165) is 18.8 Å². The predicted octanol–water partition coefficient (Wildman–Crippen LogP) is 1.22. The molecule has 0 aliphatic rings.